The number of nitrogens with zero attached hydrogens (tertiary/aromatic N) is 1. The molecule has 1 saturated carbocycles. The van der Waals surface area contributed by atoms with Crippen molar-refractivity contribution in [2.45, 2.75) is 58.9 Å². The Labute approximate surface area is 104 Å². The first-order valence-corrected chi connectivity index (χ1v) is 6.90. The summed E-state index contributed by atoms with van der Waals surface area (Å²) in [6, 6.07) is 0. The summed E-state index contributed by atoms with van der Waals surface area (Å²) in [7, 11) is 0. The van der Waals surface area contributed by atoms with Crippen molar-refractivity contribution in [2.24, 2.45) is 5.92 Å². The predicted molar refractivity (Wildman–Crippen MR) is 68.9 cm³/mol. The lowest BCUT2D eigenvalue weighted by molar-refractivity contribution is 0.390. The van der Waals surface area contributed by atoms with E-state index < -0.39 is 0 Å². The zero-order valence-corrected chi connectivity index (χ0v) is 11.1. The number of hydrogen-bond acceptors (Lipinski definition) is 3. The Morgan fingerprint density at radius 3 is 2.47 bits per heavy atom. The van der Waals surface area contributed by atoms with Gasteiger partial charge in [0.25, 0.3) is 0 Å². The number of rotatable bonds is 4. The molecule has 0 bridgehead atoms. The summed E-state index contributed by atoms with van der Waals surface area (Å²) in [5.74, 6) is 1.83. The summed E-state index contributed by atoms with van der Waals surface area (Å²) in [4.78, 5) is 0. The molecule has 0 saturated heterocycles. The molecule has 3 heteroatoms. The third kappa shape index (κ3) is 3.56. The van der Waals surface area contributed by atoms with Gasteiger partial charge < -0.3 is 9.84 Å². The standard InChI is InChI=1S/C14H24N2O/c1-11-14(12(2)17-16-11)10-15-9-13-7-5-3-4-6-8-13/h13,15H,3-10H2,1-2H3. The molecule has 96 valence electrons. The monoisotopic (exact) mass is 236 g/mol. The quantitative estimate of drug-likeness (QED) is 0.815. The highest BCUT2D eigenvalue weighted by Crippen LogP contribution is 2.22. The topological polar surface area (TPSA) is 38.1 Å². The molecule has 1 aromatic heterocycles. The van der Waals surface area contributed by atoms with Crippen LogP contribution >= 0.6 is 0 Å². The summed E-state index contributed by atoms with van der Waals surface area (Å²) in [6.45, 7) is 6.05. The second-order valence-electron chi connectivity index (χ2n) is 5.29. The van der Waals surface area contributed by atoms with E-state index in [1.54, 1.807) is 0 Å². The van der Waals surface area contributed by atoms with Crippen LogP contribution in [0.3, 0.4) is 0 Å². The fourth-order valence-corrected chi connectivity index (χ4v) is 2.72. The lowest BCUT2D eigenvalue weighted by Crippen LogP contribution is -2.22. The first kappa shape index (κ1) is 12.6. The van der Waals surface area contributed by atoms with Crippen LogP contribution in [0.25, 0.3) is 0 Å². The first-order chi connectivity index (χ1) is 8.27. The summed E-state index contributed by atoms with van der Waals surface area (Å²) >= 11 is 0. The molecule has 0 atom stereocenters. The number of aryl methyl sites for hydroxylation is 2. The molecule has 1 fully saturated rings. The van der Waals surface area contributed by atoms with Crippen molar-refractivity contribution in [2.75, 3.05) is 6.54 Å². The summed E-state index contributed by atoms with van der Waals surface area (Å²) < 4.78 is 5.17. The molecule has 1 N–H and O–H groups in total. The largest absolute Gasteiger partial charge is 0.361 e. The second kappa shape index (κ2) is 6.20. The molecule has 0 aromatic carbocycles. The van der Waals surface area contributed by atoms with Crippen LogP contribution in [0.15, 0.2) is 4.52 Å². The highest BCUT2D eigenvalue weighted by Gasteiger charge is 2.13. The van der Waals surface area contributed by atoms with Gasteiger partial charge in [-0.25, -0.2) is 0 Å². The average molecular weight is 236 g/mol. The van der Waals surface area contributed by atoms with E-state index in [2.05, 4.69) is 10.5 Å². The first-order valence-electron chi connectivity index (χ1n) is 6.90. The lowest BCUT2D eigenvalue weighted by Gasteiger charge is -2.14. The zero-order valence-electron chi connectivity index (χ0n) is 11.1. The van der Waals surface area contributed by atoms with Gasteiger partial charge in [0.2, 0.25) is 0 Å². The normalized spacial score (nSPS) is 18.2. The van der Waals surface area contributed by atoms with Gasteiger partial charge in [-0.2, -0.15) is 0 Å². The molecule has 17 heavy (non-hydrogen) atoms. The third-order valence-corrected chi connectivity index (χ3v) is 3.89. The maximum atomic E-state index is 5.17. The van der Waals surface area contributed by atoms with Crippen LogP contribution < -0.4 is 5.32 Å². The van der Waals surface area contributed by atoms with E-state index in [4.69, 9.17) is 4.52 Å². The van der Waals surface area contributed by atoms with Crippen molar-refractivity contribution in [3.63, 3.8) is 0 Å². The lowest BCUT2D eigenvalue weighted by atomic mass is 10.0. The van der Waals surface area contributed by atoms with Crippen LogP contribution in [0.1, 0.15) is 55.5 Å². The molecule has 0 amide bonds. The van der Waals surface area contributed by atoms with E-state index in [-0.39, 0.29) is 0 Å². The molecular weight excluding hydrogens is 212 g/mol. The molecular formula is C14H24N2O. The molecule has 2 rings (SSSR count). The fraction of sp³-hybridized carbons (Fsp3) is 0.786. The Balaban J connectivity index is 1.75. The maximum Gasteiger partial charge on any atom is 0.138 e. The maximum absolute atomic E-state index is 5.17. The van der Waals surface area contributed by atoms with Gasteiger partial charge in [-0.1, -0.05) is 30.8 Å². The molecule has 3 nitrogen and oxygen atoms in total. The van der Waals surface area contributed by atoms with E-state index in [1.807, 2.05) is 13.8 Å². The van der Waals surface area contributed by atoms with Crippen molar-refractivity contribution >= 4 is 0 Å². The molecule has 1 aromatic rings. The summed E-state index contributed by atoms with van der Waals surface area (Å²) in [6.07, 6.45) is 8.49. The minimum atomic E-state index is 0.873. The molecule has 1 heterocycles. The van der Waals surface area contributed by atoms with Gasteiger partial charge >= 0.3 is 0 Å². The number of nitrogens with one attached hydrogen (secondary N) is 1. The Hall–Kier alpha value is -0.830. The van der Waals surface area contributed by atoms with Crippen molar-refractivity contribution in [1.29, 1.82) is 0 Å². The number of aromatic nitrogens is 1. The average Bonchev–Trinajstić information content (AvgIpc) is 2.57. The van der Waals surface area contributed by atoms with Crippen molar-refractivity contribution in [1.82, 2.24) is 10.5 Å². The Morgan fingerprint density at radius 2 is 1.88 bits per heavy atom. The van der Waals surface area contributed by atoms with E-state index in [9.17, 15) is 0 Å². The second-order valence-corrected chi connectivity index (χ2v) is 5.29. The van der Waals surface area contributed by atoms with E-state index in [0.29, 0.717) is 0 Å². The van der Waals surface area contributed by atoms with Crippen molar-refractivity contribution in [3.05, 3.63) is 17.0 Å². The van der Waals surface area contributed by atoms with Crippen LogP contribution in [0, 0.1) is 19.8 Å². The van der Waals surface area contributed by atoms with Crippen molar-refractivity contribution in [3.8, 4) is 0 Å². The molecule has 0 unspecified atom stereocenters. The van der Waals surface area contributed by atoms with Gasteiger partial charge in [-0.15, -0.1) is 0 Å². The van der Waals surface area contributed by atoms with Gasteiger partial charge in [0.1, 0.15) is 5.76 Å². The Morgan fingerprint density at radius 1 is 1.18 bits per heavy atom. The van der Waals surface area contributed by atoms with Gasteiger partial charge in [-0.05, 0) is 39.2 Å². The molecule has 1 aliphatic rings. The highest BCUT2D eigenvalue weighted by atomic mass is 16.5. The summed E-state index contributed by atoms with van der Waals surface area (Å²) in [5.41, 5.74) is 2.26. The minimum absolute atomic E-state index is 0.873. The zero-order chi connectivity index (χ0) is 12.1. The minimum Gasteiger partial charge on any atom is -0.361 e. The smallest absolute Gasteiger partial charge is 0.138 e. The van der Waals surface area contributed by atoms with Crippen LogP contribution in [0.4, 0.5) is 0 Å². The van der Waals surface area contributed by atoms with Crippen LogP contribution in [0.5, 0.6) is 0 Å². The SMILES string of the molecule is Cc1noc(C)c1CNCC1CCCCCC1. The molecule has 0 spiro atoms. The van der Waals surface area contributed by atoms with Crippen LogP contribution in [0.2, 0.25) is 0 Å². The Kier molecular flexibility index (Phi) is 4.60. The van der Waals surface area contributed by atoms with Crippen molar-refractivity contribution < 1.29 is 4.52 Å². The highest BCUT2D eigenvalue weighted by molar-refractivity contribution is 5.20. The van der Waals surface area contributed by atoms with E-state index >= 15 is 0 Å². The predicted octanol–water partition coefficient (Wildman–Crippen LogP) is 3.35. The van der Waals surface area contributed by atoms with E-state index in [1.165, 1.54) is 44.1 Å². The fourth-order valence-electron chi connectivity index (χ4n) is 2.72. The van der Waals surface area contributed by atoms with Gasteiger partial charge in [-0.3, -0.25) is 0 Å². The Bertz CT molecular complexity index is 318. The van der Waals surface area contributed by atoms with Crippen LogP contribution in [-0.4, -0.2) is 11.7 Å². The van der Waals surface area contributed by atoms with Crippen LogP contribution in [-0.2, 0) is 6.54 Å². The molecule has 0 radical (unpaired) electrons. The van der Waals surface area contributed by atoms with E-state index in [0.717, 1.165) is 30.5 Å². The molecule has 0 aliphatic heterocycles. The van der Waals surface area contributed by atoms with Gasteiger partial charge in [0, 0.05) is 12.1 Å². The van der Waals surface area contributed by atoms with Gasteiger partial charge in [0.15, 0.2) is 0 Å². The molecule has 1 aliphatic carbocycles. The van der Waals surface area contributed by atoms with Gasteiger partial charge in [0.05, 0.1) is 5.69 Å². The summed E-state index contributed by atoms with van der Waals surface area (Å²) in [5, 5.41) is 7.55. The number of hydrogen-bond donors (Lipinski definition) is 1. The third-order valence-electron chi connectivity index (χ3n) is 3.89.